The Labute approximate surface area is 124 Å². The van der Waals surface area contributed by atoms with Crippen LogP contribution in [0, 0.1) is 0 Å². The molecule has 0 aliphatic carbocycles. The molecule has 2 aromatic rings. The molecule has 0 saturated carbocycles. The zero-order chi connectivity index (χ0) is 15.6. The summed E-state index contributed by atoms with van der Waals surface area (Å²) in [6.45, 7) is 0. The molecule has 4 N–H and O–H groups in total. The molecule has 0 aromatic heterocycles. The van der Waals surface area contributed by atoms with E-state index in [4.69, 9.17) is 16.7 Å². The highest BCUT2D eigenvalue weighted by molar-refractivity contribution is 6.31. The Morgan fingerprint density at radius 3 is 2.24 bits per heavy atom. The third-order valence-corrected chi connectivity index (χ3v) is 2.92. The van der Waals surface area contributed by atoms with Gasteiger partial charge in [0.25, 0.3) is 5.91 Å². The number of carboxylic acid groups (broad SMARTS) is 1. The van der Waals surface area contributed by atoms with Crippen LogP contribution in [-0.2, 0) is 0 Å². The van der Waals surface area contributed by atoms with Crippen molar-refractivity contribution in [1.82, 2.24) is 0 Å². The van der Waals surface area contributed by atoms with Crippen LogP contribution in [0.15, 0.2) is 36.4 Å². The normalized spacial score (nSPS) is 10.1. The molecule has 0 aliphatic heterocycles. The summed E-state index contributed by atoms with van der Waals surface area (Å²) >= 11 is 5.75. The van der Waals surface area contributed by atoms with Gasteiger partial charge < -0.3 is 20.6 Å². The van der Waals surface area contributed by atoms with Gasteiger partial charge in [-0.05, 0) is 36.4 Å². The first kappa shape index (κ1) is 14.7. The first-order chi connectivity index (χ1) is 9.88. The average molecular weight is 308 g/mol. The quantitative estimate of drug-likeness (QED) is 0.652. The van der Waals surface area contributed by atoms with E-state index in [9.17, 15) is 19.8 Å². The summed E-state index contributed by atoms with van der Waals surface area (Å²) in [4.78, 5) is 22.9. The summed E-state index contributed by atoms with van der Waals surface area (Å²) in [7, 11) is 0. The predicted molar refractivity (Wildman–Crippen MR) is 76.1 cm³/mol. The van der Waals surface area contributed by atoms with E-state index in [2.05, 4.69) is 5.32 Å². The lowest BCUT2D eigenvalue weighted by Gasteiger charge is -2.08. The van der Waals surface area contributed by atoms with Crippen LogP contribution in [0.5, 0.6) is 11.5 Å². The van der Waals surface area contributed by atoms with Gasteiger partial charge in [-0.15, -0.1) is 0 Å². The number of anilines is 1. The van der Waals surface area contributed by atoms with E-state index in [1.54, 1.807) is 0 Å². The maximum absolute atomic E-state index is 12.0. The van der Waals surface area contributed by atoms with Gasteiger partial charge in [-0.25, -0.2) is 4.79 Å². The van der Waals surface area contributed by atoms with Gasteiger partial charge in [-0.2, -0.15) is 0 Å². The number of carbonyl (C=O) groups is 2. The molecule has 0 atom stereocenters. The largest absolute Gasteiger partial charge is 0.507 e. The minimum atomic E-state index is -1.32. The van der Waals surface area contributed by atoms with Gasteiger partial charge in [0, 0.05) is 10.7 Å². The van der Waals surface area contributed by atoms with Crippen LogP contribution in [0.4, 0.5) is 5.69 Å². The monoisotopic (exact) mass is 307 g/mol. The number of rotatable bonds is 3. The maximum Gasteiger partial charge on any atom is 0.339 e. The molecule has 0 fully saturated rings. The summed E-state index contributed by atoms with van der Waals surface area (Å²) < 4.78 is 0. The van der Waals surface area contributed by atoms with Crippen molar-refractivity contribution < 1.29 is 24.9 Å². The number of aromatic hydroxyl groups is 2. The molecule has 108 valence electrons. The van der Waals surface area contributed by atoms with Crippen LogP contribution in [0.2, 0.25) is 5.02 Å². The maximum atomic E-state index is 12.0. The number of nitrogens with one attached hydrogen (secondary N) is 1. The molecule has 0 saturated heterocycles. The lowest BCUT2D eigenvalue weighted by atomic mass is 10.1. The minimum Gasteiger partial charge on any atom is -0.507 e. The smallest absolute Gasteiger partial charge is 0.339 e. The lowest BCUT2D eigenvalue weighted by Crippen LogP contribution is -2.12. The summed E-state index contributed by atoms with van der Waals surface area (Å²) in [5.74, 6) is -2.65. The van der Waals surface area contributed by atoms with E-state index in [1.807, 2.05) is 0 Å². The molecule has 0 bridgehead atoms. The van der Waals surface area contributed by atoms with Crippen molar-refractivity contribution in [2.45, 2.75) is 0 Å². The second-order valence-electron chi connectivity index (χ2n) is 4.15. The highest BCUT2D eigenvalue weighted by Crippen LogP contribution is 2.25. The molecular formula is C14H10ClNO5. The predicted octanol–water partition coefficient (Wildman–Crippen LogP) is 2.70. The van der Waals surface area contributed by atoms with Gasteiger partial charge in [-0.3, -0.25) is 4.79 Å². The number of amides is 1. The molecule has 2 rings (SSSR count). The zero-order valence-corrected chi connectivity index (χ0v) is 11.3. The van der Waals surface area contributed by atoms with Crippen molar-refractivity contribution >= 4 is 29.2 Å². The van der Waals surface area contributed by atoms with Gasteiger partial charge in [0.1, 0.15) is 17.1 Å². The number of carbonyl (C=O) groups excluding carboxylic acids is 1. The first-order valence-corrected chi connectivity index (χ1v) is 6.12. The van der Waals surface area contributed by atoms with Gasteiger partial charge in [-0.1, -0.05) is 11.6 Å². The standard InChI is InChI=1S/C14H10ClNO5/c15-7-1-3-11(17)9(5-7)13(19)16-8-2-4-12(18)10(6-8)14(20)21/h1-6,17-18H,(H,16,19)(H,20,21). The van der Waals surface area contributed by atoms with Crippen LogP contribution in [0.3, 0.4) is 0 Å². The van der Waals surface area contributed by atoms with Crippen molar-refractivity contribution in [3.05, 3.63) is 52.5 Å². The Balaban J connectivity index is 2.29. The van der Waals surface area contributed by atoms with E-state index >= 15 is 0 Å². The molecule has 7 heteroatoms. The molecule has 0 radical (unpaired) electrons. The van der Waals surface area contributed by atoms with Crippen molar-refractivity contribution in [3.8, 4) is 11.5 Å². The Morgan fingerprint density at radius 2 is 1.57 bits per heavy atom. The van der Waals surface area contributed by atoms with Crippen LogP contribution in [-0.4, -0.2) is 27.2 Å². The fourth-order valence-corrected chi connectivity index (χ4v) is 1.85. The fourth-order valence-electron chi connectivity index (χ4n) is 1.67. The van der Waals surface area contributed by atoms with E-state index in [1.165, 1.54) is 24.3 Å². The van der Waals surface area contributed by atoms with Crippen LogP contribution < -0.4 is 5.32 Å². The summed E-state index contributed by atoms with van der Waals surface area (Å²) in [6.07, 6.45) is 0. The summed E-state index contributed by atoms with van der Waals surface area (Å²) in [6, 6.07) is 7.58. The Morgan fingerprint density at radius 1 is 0.952 bits per heavy atom. The van der Waals surface area contributed by atoms with Gasteiger partial charge >= 0.3 is 5.97 Å². The third kappa shape index (κ3) is 3.24. The van der Waals surface area contributed by atoms with Crippen LogP contribution >= 0.6 is 11.6 Å². The highest BCUT2D eigenvalue weighted by atomic mass is 35.5. The lowest BCUT2D eigenvalue weighted by molar-refractivity contribution is 0.0693. The van der Waals surface area contributed by atoms with Crippen molar-refractivity contribution in [2.24, 2.45) is 0 Å². The molecule has 1 amide bonds. The van der Waals surface area contributed by atoms with Gasteiger partial charge in [0.05, 0.1) is 5.56 Å². The molecule has 21 heavy (non-hydrogen) atoms. The van der Waals surface area contributed by atoms with E-state index in [0.29, 0.717) is 0 Å². The van der Waals surface area contributed by atoms with E-state index < -0.39 is 17.6 Å². The number of hydrogen-bond donors (Lipinski definition) is 4. The topological polar surface area (TPSA) is 107 Å². The third-order valence-electron chi connectivity index (χ3n) is 2.69. The Hall–Kier alpha value is -2.73. The summed E-state index contributed by atoms with van der Waals surface area (Å²) in [5.41, 5.74) is -0.231. The number of aromatic carboxylic acids is 1. The molecular weight excluding hydrogens is 298 g/mol. The fraction of sp³-hybridized carbons (Fsp3) is 0. The number of benzene rings is 2. The van der Waals surface area contributed by atoms with Gasteiger partial charge in [0.15, 0.2) is 0 Å². The second kappa shape index (κ2) is 5.72. The summed E-state index contributed by atoms with van der Waals surface area (Å²) in [5, 5.41) is 30.6. The Bertz CT molecular complexity index is 729. The van der Waals surface area contributed by atoms with Crippen molar-refractivity contribution in [2.75, 3.05) is 5.32 Å². The Kier molecular flexibility index (Phi) is 4.00. The number of phenolic OH excluding ortho intramolecular Hbond substituents is 1. The van der Waals surface area contributed by atoms with E-state index in [0.717, 1.165) is 12.1 Å². The first-order valence-electron chi connectivity index (χ1n) is 5.74. The zero-order valence-electron chi connectivity index (χ0n) is 10.5. The SMILES string of the molecule is O=C(O)c1cc(NC(=O)c2cc(Cl)ccc2O)ccc1O. The number of halogens is 1. The van der Waals surface area contributed by atoms with Gasteiger partial charge in [0.2, 0.25) is 0 Å². The molecule has 0 heterocycles. The second-order valence-corrected chi connectivity index (χ2v) is 4.59. The van der Waals surface area contributed by atoms with Crippen molar-refractivity contribution in [3.63, 3.8) is 0 Å². The molecule has 0 aliphatic rings. The highest BCUT2D eigenvalue weighted by Gasteiger charge is 2.15. The minimum absolute atomic E-state index is 0.0487. The number of hydrogen-bond acceptors (Lipinski definition) is 4. The van der Waals surface area contributed by atoms with Crippen molar-refractivity contribution in [1.29, 1.82) is 0 Å². The average Bonchev–Trinajstić information content (AvgIpc) is 2.43. The van der Waals surface area contributed by atoms with Crippen LogP contribution in [0.1, 0.15) is 20.7 Å². The molecule has 2 aromatic carbocycles. The number of phenols is 2. The molecule has 0 unspecified atom stereocenters. The number of carboxylic acids is 1. The molecule has 0 spiro atoms. The molecule has 6 nitrogen and oxygen atoms in total. The van der Waals surface area contributed by atoms with E-state index in [-0.39, 0.29) is 27.6 Å². The van der Waals surface area contributed by atoms with Crippen LogP contribution in [0.25, 0.3) is 0 Å².